The molecule has 0 fully saturated rings. The second-order valence-electron chi connectivity index (χ2n) is 2.62. The van der Waals surface area contributed by atoms with Crippen LogP contribution in [0, 0.1) is 6.07 Å². The largest absolute Gasteiger partial charge is 0.268 e. The Bertz CT molecular complexity index is 411. The van der Waals surface area contributed by atoms with Crippen molar-refractivity contribution in [2.75, 3.05) is 5.75 Å². The zero-order valence-electron chi connectivity index (χ0n) is 7.65. The summed E-state index contributed by atoms with van der Waals surface area (Å²) < 4.78 is 24.0. The van der Waals surface area contributed by atoms with Gasteiger partial charge in [0.15, 0.2) is 0 Å². The van der Waals surface area contributed by atoms with Gasteiger partial charge >= 0.3 is 0 Å². The SMILES string of the molecule is CCS(=O)(=O)NC(=O)c1cc[c]cc1. The van der Waals surface area contributed by atoms with E-state index in [9.17, 15) is 13.2 Å². The van der Waals surface area contributed by atoms with Crippen molar-refractivity contribution in [3.63, 3.8) is 0 Å². The minimum Gasteiger partial charge on any atom is -0.268 e. The molecule has 0 spiro atoms. The molecular weight excluding hydrogens is 202 g/mol. The van der Waals surface area contributed by atoms with E-state index in [0.717, 1.165) is 0 Å². The van der Waals surface area contributed by atoms with Crippen molar-refractivity contribution in [2.24, 2.45) is 0 Å². The van der Waals surface area contributed by atoms with Gasteiger partial charge in [-0.25, -0.2) is 13.1 Å². The minimum atomic E-state index is -3.48. The Morgan fingerprint density at radius 1 is 1.43 bits per heavy atom. The normalized spacial score (nSPS) is 10.9. The molecule has 0 aliphatic heterocycles. The first-order valence-corrected chi connectivity index (χ1v) is 5.71. The van der Waals surface area contributed by atoms with Crippen molar-refractivity contribution in [1.82, 2.24) is 4.72 Å². The first-order chi connectivity index (χ1) is 6.55. The lowest BCUT2D eigenvalue weighted by atomic mass is 10.2. The summed E-state index contributed by atoms with van der Waals surface area (Å²) in [5, 5.41) is 0. The molecule has 0 bridgehead atoms. The number of carbonyl (C=O) groups is 1. The van der Waals surface area contributed by atoms with Crippen molar-refractivity contribution in [2.45, 2.75) is 6.92 Å². The van der Waals surface area contributed by atoms with Crippen LogP contribution in [0.3, 0.4) is 0 Å². The molecule has 1 amide bonds. The van der Waals surface area contributed by atoms with Gasteiger partial charge in [0.05, 0.1) is 5.75 Å². The van der Waals surface area contributed by atoms with Crippen LogP contribution >= 0.6 is 0 Å². The lowest BCUT2D eigenvalue weighted by molar-refractivity contribution is 0.0981. The molecule has 0 aliphatic carbocycles. The summed E-state index contributed by atoms with van der Waals surface area (Å²) in [5.74, 6) is -0.724. The zero-order valence-corrected chi connectivity index (χ0v) is 8.47. The highest BCUT2D eigenvalue weighted by atomic mass is 32.2. The Balaban J connectivity index is 2.79. The lowest BCUT2D eigenvalue weighted by Crippen LogP contribution is -2.31. The van der Waals surface area contributed by atoms with Gasteiger partial charge in [0.2, 0.25) is 10.0 Å². The average Bonchev–Trinajstić information content (AvgIpc) is 2.19. The first kappa shape index (κ1) is 10.7. The van der Waals surface area contributed by atoms with Crippen LogP contribution in [0.2, 0.25) is 0 Å². The van der Waals surface area contributed by atoms with E-state index >= 15 is 0 Å². The third-order valence-corrected chi connectivity index (χ3v) is 2.87. The van der Waals surface area contributed by atoms with Crippen LogP contribution in [0.4, 0.5) is 0 Å². The van der Waals surface area contributed by atoms with E-state index in [1.807, 2.05) is 4.72 Å². The molecule has 1 radical (unpaired) electrons. The topological polar surface area (TPSA) is 63.2 Å². The van der Waals surface area contributed by atoms with Crippen molar-refractivity contribution in [3.8, 4) is 0 Å². The molecular formula is C9H10NO3S. The molecule has 14 heavy (non-hydrogen) atoms. The molecule has 5 heteroatoms. The third-order valence-electron chi connectivity index (χ3n) is 1.61. The molecule has 0 atom stereocenters. The van der Waals surface area contributed by atoms with Gasteiger partial charge in [0.25, 0.3) is 5.91 Å². The van der Waals surface area contributed by atoms with E-state index in [0.29, 0.717) is 5.56 Å². The predicted octanol–water partition coefficient (Wildman–Crippen LogP) is 0.566. The fourth-order valence-corrected chi connectivity index (χ4v) is 1.36. The average molecular weight is 212 g/mol. The molecule has 1 aromatic carbocycles. The van der Waals surface area contributed by atoms with Crippen LogP contribution in [0.1, 0.15) is 17.3 Å². The van der Waals surface area contributed by atoms with Gasteiger partial charge in [0.1, 0.15) is 0 Å². The van der Waals surface area contributed by atoms with Crippen molar-refractivity contribution >= 4 is 15.9 Å². The number of amides is 1. The number of hydrogen-bond donors (Lipinski definition) is 1. The van der Waals surface area contributed by atoms with E-state index in [1.165, 1.54) is 19.1 Å². The van der Waals surface area contributed by atoms with Crippen LogP contribution in [-0.4, -0.2) is 20.1 Å². The monoisotopic (exact) mass is 212 g/mol. The Morgan fingerprint density at radius 2 is 2.00 bits per heavy atom. The van der Waals surface area contributed by atoms with Crippen LogP contribution in [0.25, 0.3) is 0 Å². The van der Waals surface area contributed by atoms with Crippen LogP contribution in [0.15, 0.2) is 24.3 Å². The van der Waals surface area contributed by atoms with E-state index in [4.69, 9.17) is 0 Å². The maximum Gasteiger partial charge on any atom is 0.264 e. The molecule has 1 aromatic rings. The van der Waals surface area contributed by atoms with Crippen LogP contribution in [0.5, 0.6) is 0 Å². The standard InChI is InChI=1S/C9H10NO3S/c1-2-14(12,13)10-9(11)8-6-4-3-5-7-8/h4-7H,2H2,1H3,(H,10,11). The van der Waals surface area contributed by atoms with Gasteiger partial charge in [-0.1, -0.05) is 12.1 Å². The first-order valence-electron chi connectivity index (χ1n) is 4.06. The van der Waals surface area contributed by atoms with Crippen LogP contribution in [-0.2, 0) is 10.0 Å². The Hall–Kier alpha value is -1.36. The zero-order chi connectivity index (χ0) is 10.6. The second-order valence-corrected chi connectivity index (χ2v) is 4.63. The van der Waals surface area contributed by atoms with E-state index in [2.05, 4.69) is 6.07 Å². The number of nitrogens with one attached hydrogen (secondary N) is 1. The van der Waals surface area contributed by atoms with Crippen LogP contribution < -0.4 is 4.72 Å². The number of sulfonamides is 1. The molecule has 1 N–H and O–H groups in total. The highest BCUT2D eigenvalue weighted by molar-refractivity contribution is 7.90. The van der Waals surface area contributed by atoms with Gasteiger partial charge in [-0.2, -0.15) is 0 Å². The predicted molar refractivity (Wildman–Crippen MR) is 52.2 cm³/mol. The van der Waals surface area contributed by atoms with E-state index in [1.54, 1.807) is 12.1 Å². The summed E-state index contributed by atoms with van der Waals surface area (Å²) in [5.41, 5.74) is 0.306. The maximum atomic E-state index is 11.3. The fraction of sp³-hybridized carbons (Fsp3) is 0.222. The van der Waals surface area contributed by atoms with E-state index in [-0.39, 0.29) is 5.75 Å². The Labute approximate surface area is 83.0 Å². The smallest absolute Gasteiger partial charge is 0.264 e. The molecule has 1 rings (SSSR count). The third kappa shape index (κ3) is 2.85. The number of carbonyl (C=O) groups excluding carboxylic acids is 1. The highest BCUT2D eigenvalue weighted by Gasteiger charge is 2.12. The quantitative estimate of drug-likeness (QED) is 0.796. The molecule has 0 saturated carbocycles. The molecule has 0 heterocycles. The summed E-state index contributed by atoms with van der Waals surface area (Å²) in [6.45, 7) is 1.47. The Kier molecular flexibility index (Phi) is 3.24. The molecule has 0 aliphatic rings. The van der Waals surface area contributed by atoms with E-state index < -0.39 is 15.9 Å². The minimum absolute atomic E-state index is 0.113. The molecule has 0 unspecified atom stereocenters. The summed E-state index contributed by atoms with van der Waals surface area (Å²) in [6, 6.07) is 8.83. The lowest BCUT2D eigenvalue weighted by Gasteiger charge is -2.03. The molecule has 4 nitrogen and oxygen atoms in total. The molecule has 75 valence electrons. The van der Waals surface area contributed by atoms with Gasteiger partial charge in [0, 0.05) is 5.56 Å². The number of rotatable bonds is 3. The fourth-order valence-electron chi connectivity index (χ4n) is 0.811. The van der Waals surface area contributed by atoms with Crippen molar-refractivity contribution in [1.29, 1.82) is 0 Å². The van der Waals surface area contributed by atoms with Crippen molar-refractivity contribution < 1.29 is 13.2 Å². The molecule has 0 saturated heterocycles. The van der Waals surface area contributed by atoms with Gasteiger partial charge in [-0.05, 0) is 25.1 Å². The molecule has 0 aromatic heterocycles. The van der Waals surface area contributed by atoms with Crippen molar-refractivity contribution in [3.05, 3.63) is 35.9 Å². The van der Waals surface area contributed by atoms with Gasteiger partial charge in [-0.15, -0.1) is 0 Å². The summed E-state index contributed by atoms with van der Waals surface area (Å²) in [4.78, 5) is 11.3. The maximum absolute atomic E-state index is 11.3. The number of benzene rings is 1. The van der Waals surface area contributed by atoms with Gasteiger partial charge < -0.3 is 0 Å². The number of hydrogen-bond acceptors (Lipinski definition) is 3. The van der Waals surface area contributed by atoms with Gasteiger partial charge in [-0.3, -0.25) is 4.79 Å². The summed E-state index contributed by atoms with van der Waals surface area (Å²) >= 11 is 0. The summed E-state index contributed by atoms with van der Waals surface area (Å²) in [6.07, 6.45) is 0. The summed E-state index contributed by atoms with van der Waals surface area (Å²) in [7, 11) is -3.48. The second kappa shape index (κ2) is 4.23. The Morgan fingerprint density at radius 3 is 2.50 bits per heavy atom. The highest BCUT2D eigenvalue weighted by Crippen LogP contribution is 1.98.